The Morgan fingerprint density at radius 1 is 1.21 bits per heavy atom. The molecule has 0 saturated carbocycles. The zero-order chi connectivity index (χ0) is 20.8. The highest BCUT2D eigenvalue weighted by molar-refractivity contribution is 7.99. The number of thioether (sulfide) groups is 1. The molecule has 1 heterocycles. The summed E-state index contributed by atoms with van der Waals surface area (Å²) in [7, 11) is 1.59. The Hall–Kier alpha value is -2.51. The molecule has 0 fully saturated rings. The van der Waals surface area contributed by atoms with Crippen LogP contribution in [0.1, 0.15) is 36.5 Å². The van der Waals surface area contributed by atoms with Gasteiger partial charge in [0.2, 0.25) is 0 Å². The molecule has 29 heavy (non-hydrogen) atoms. The summed E-state index contributed by atoms with van der Waals surface area (Å²) in [5, 5.41) is 13.3. The Morgan fingerprint density at radius 2 is 1.93 bits per heavy atom. The molecule has 1 aromatic heterocycles. The first-order valence-electron chi connectivity index (χ1n) is 9.31. The lowest BCUT2D eigenvalue weighted by molar-refractivity contribution is 0.0949. The van der Waals surface area contributed by atoms with Crippen molar-refractivity contribution in [3.63, 3.8) is 0 Å². The van der Waals surface area contributed by atoms with E-state index < -0.39 is 0 Å². The fourth-order valence-electron chi connectivity index (χ4n) is 2.63. The van der Waals surface area contributed by atoms with Crippen LogP contribution in [0.4, 0.5) is 0 Å². The van der Waals surface area contributed by atoms with Crippen molar-refractivity contribution in [1.82, 2.24) is 20.1 Å². The monoisotopic (exact) mass is 430 g/mol. The topological polar surface area (TPSA) is 69.0 Å². The number of benzene rings is 2. The molecule has 3 aromatic rings. The molecule has 0 spiro atoms. The van der Waals surface area contributed by atoms with Gasteiger partial charge in [-0.25, -0.2) is 0 Å². The Labute approximate surface area is 179 Å². The molecule has 0 saturated heterocycles. The Bertz CT molecular complexity index is 975. The van der Waals surface area contributed by atoms with Gasteiger partial charge in [0.05, 0.1) is 24.4 Å². The molecule has 1 atom stereocenters. The van der Waals surface area contributed by atoms with Crippen molar-refractivity contribution < 1.29 is 9.53 Å². The molecule has 0 aliphatic rings. The van der Waals surface area contributed by atoms with Gasteiger partial charge in [0.25, 0.3) is 5.91 Å². The third-order valence-electron chi connectivity index (χ3n) is 4.43. The summed E-state index contributed by atoms with van der Waals surface area (Å²) in [6, 6.07) is 14.5. The van der Waals surface area contributed by atoms with Crippen molar-refractivity contribution in [2.24, 2.45) is 0 Å². The fraction of sp³-hybridized carbons (Fsp3) is 0.286. The number of halogens is 1. The van der Waals surface area contributed by atoms with Gasteiger partial charge in [-0.2, -0.15) is 0 Å². The maximum absolute atomic E-state index is 12.5. The van der Waals surface area contributed by atoms with Crippen LogP contribution in [0.25, 0.3) is 5.69 Å². The van der Waals surface area contributed by atoms with E-state index in [1.54, 1.807) is 43.1 Å². The minimum atomic E-state index is -0.197. The van der Waals surface area contributed by atoms with Gasteiger partial charge in [-0.15, -0.1) is 10.2 Å². The third kappa shape index (κ3) is 5.10. The van der Waals surface area contributed by atoms with Crippen molar-refractivity contribution in [1.29, 1.82) is 0 Å². The molecule has 0 aliphatic carbocycles. The maximum Gasteiger partial charge on any atom is 0.251 e. The second-order valence-electron chi connectivity index (χ2n) is 6.43. The molecule has 3 rings (SSSR count). The highest BCUT2D eigenvalue weighted by atomic mass is 35.5. The molecule has 1 unspecified atom stereocenters. The summed E-state index contributed by atoms with van der Waals surface area (Å²) in [4.78, 5) is 12.5. The number of hydrogen-bond donors (Lipinski definition) is 1. The molecule has 0 radical (unpaired) electrons. The number of aromatic nitrogens is 3. The number of para-hydroxylation sites is 1. The first-order valence-corrected chi connectivity index (χ1v) is 10.6. The van der Waals surface area contributed by atoms with Crippen LogP contribution in [0.15, 0.2) is 53.7 Å². The number of rotatable bonds is 8. The van der Waals surface area contributed by atoms with Crippen LogP contribution in [0.2, 0.25) is 5.02 Å². The zero-order valence-electron chi connectivity index (χ0n) is 16.6. The summed E-state index contributed by atoms with van der Waals surface area (Å²) >= 11 is 8.07. The summed E-state index contributed by atoms with van der Waals surface area (Å²) in [5.41, 5.74) is 1.34. The van der Waals surface area contributed by atoms with Crippen molar-refractivity contribution >= 4 is 29.3 Å². The van der Waals surface area contributed by atoms with Crippen molar-refractivity contribution in [3.8, 4) is 11.4 Å². The van der Waals surface area contributed by atoms with E-state index in [0.29, 0.717) is 27.4 Å². The lowest BCUT2D eigenvalue weighted by atomic mass is 10.2. The van der Waals surface area contributed by atoms with Crippen LogP contribution in [-0.2, 0) is 6.54 Å². The van der Waals surface area contributed by atoms with E-state index in [0.717, 1.165) is 17.3 Å². The second-order valence-corrected chi connectivity index (χ2v) is 8.25. The number of nitrogens with one attached hydrogen (secondary N) is 1. The molecular weight excluding hydrogens is 408 g/mol. The number of nitrogens with zero attached hydrogens (tertiary/aromatic N) is 3. The highest BCUT2D eigenvalue weighted by Crippen LogP contribution is 2.30. The fourth-order valence-corrected chi connectivity index (χ4v) is 3.78. The Morgan fingerprint density at radius 3 is 2.59 bits per heavy atom. The molecule has 1 N–H and O–H groups in total. The molecule has 0 bridgehead atoms. The molecule has 1 amide bonds. The molecule has 0 aliphatic heterocycles. The van der Waals surface area contributed by atoms with Gasteiger partial charge in [-0.05, 0) is 42.8 Å². The summed E-state index contributed by atoms with van der Waals surface area (Å²) in [6.07, 6.45) is 1.00. The van der Waals surface area contributed by atoms with Gasteiger partial charge in [0, 0.05) is 10.8 Å². The first-order chi connectivity index (χ1) is 14.0. The number of carbonyl (C=O) groups excluding carboxylic acids is 1. The minimum absolute atomic E-state index is 0.197. The molecule has 8 heteroatoms. The van der Waals surface area contributed by atoms with E-state index in [2.05, 4.69) is 29.4 Å². The quantitative estimate of drug-likeness (QED) is 0.522. The third-order valence-corrected chi connectivity index (χ3v) is 5.96. The van der Waals surface area contributed by atoms with Crippen molar-refractivity contribution in [2.45, 2.75) is 37.2 Å². The maximum atomic E-state index is 12.5. The molecule has 6 nitrogen and oxygen atoms in total. The standard InChI is InChI=1S/C21H23ClN4O2S/c1-4-14(2)29-21-25-24-19(26(21)18-8-6-5-7-17(18)22)13-23-20(27)15-9-11-16(28-3)12-10-15/h5-12,14H,4,13H2,1-3H3,(H,23,27). The Balaban J connectivity index is 1.84. The Kier molecular flexibility index (Phi) is 7.17. The normalized spacial score (nSPS) is 11.9. The van der Waals surface area contributed by atoms with Crippen LogP contribution in [0.5, 0.6) is 5.75 Å². The first kappa shape index (κ1) is 21.2. The van der Waals surface area contributed by atoms with E-state index in [-0.39, 0.29) is 12.5 Å². The van der Waals surface area contributed by atoms with Gasteiger partial charge < -0.3 is 10.1 Å². The van der Waals surface area contributed by atoms with Crippen LogP contribution in [0.3, 0.4) is 0 Å². The average molecular weight is 431 g/mol. The van der Waals surface area contributed by atoms with Crippen molar-refractivity contribution in [3.05, 3.63) is 64.9 Å². The molecule has 152 valence electrons. The molecule has 2 aromatic carbocycles. The summed E-state index contributed by atoms with van der Waals surface area (Å²) in [5.74, 6) is 1.12. The molecular formula is C21H23ClN4O2S. The lowest BCUT2D eigenvalue weighted by Crippen LogP contribution is -2.24. The predicted octanol–water partition coefficient (Wildman–Crippen LogP) is 4.75. The van der Waals surface area contributed by atoms with E-state index >= 15 is 0 Å². The largest absolute Gasteiger partial charge is 0.497 e. The van der Waals surface area contributed by atoms with E-state index in [9.17, 15) is 4.79 Å². The van der Waals surface area contributed by atoms with Crippen LogP contribution >= 0.6 is 23.4 Å². The van der Waals surface area contributed by atoms with Crippen LogP contribution in [-0.4, -0.2) is 33.0 Å². The number of ether oxygens (including phenoxy) is 1. The minimum Gasteiger partial charge on any atom is -0.497 e. The van der Waals surface area contributed by atoms with Gasteiger partial charge in [-0.1, -0.05) is 49.3 Å². The number of carbonyl (C=O) groups is 1. The predicted molar refractivity (Wildman–Crippen MR) is 116 cm³/mol. The number of methoxy groups -OCH3 is 1. The van der Waals surface area contributed by atoms with Crippen LogP contribution in [0, 0.1) is 0 Å². The van der Waals surface area contributed by atoms with E-state index in [1.807, 2.05) is 28.8 Å². The van der Waals surface area contributed by atoms with E-state index in [1.165, 1.54) is 0 Å². The van der Waals surface area contributed by atoms with Crippen LogP contribution < -0.4 is 10.1 Å². The van der Waals surface area contributed by atoms with Gasteiger partial charge >= 0.3 is 0 Å². The summed E-state index contributed by atoms with van der Waals surface area (Å²) in [6.45, 7) is 4.50. The van der Waals surface area contributed by atoms with Gasteiger partial charge in [-0.3, -0.25) is 9.36 Å². The lowest BCUT2D eigenvalue weighted by Gasteiger charge is -2.14. The second kappa shape index (κ2) is 9.80. The van der Waals surface area contributed by atoms with Gasteiger partial charge in [0.15, 0.2) is 11.0 Å². The zero-order valence-corrected chi connectivity index (χ0v) is 18.1. The van der Waals surface area contributed by atoms with Crippen molar-refractivity contribution in [2.75, 3.05) is 7.11 Å². The number of amides is 1. The van der Waals surface area contributed by atoms with E-state index in [4.69, 9.17) is 16.3 Å². The summed E-state index contributed by atoms with van der Waals surface area (Å²) < 4.78 is 7.04. The number of hydrogen-bond acceptors (Lipinski definition) is 5. The average Bonchev–Trinajstić information content (AvgIpc) is 3.14. The smallest absolute Gasteiger partial charge is 0.251 e. The van der Waals surface area contributed by atoms with Gasteiger partial charge in [0.1, 0.15) is 5.75 Å². The highest BCUT2D eigenvalue weighted by Gasteiger charge is 2.19. The SMILES string of the molecule is CCC(C)Sc1nnc(CNC(=O)c2ccc(OC)cc2)n1-c1ccccc1Cl.